The van der Waals surface area contributed by atoms with E-state index in [4.69, 9.17) is 19.4 Å². The number of nitrogens with zero attached hydrogens (tertiary/aromatic N) is 3. The zero-order valence-corrected chi connectivity index (χ0v) is 22.7. The molecule has 0 atom stereocenters. The van der Waals surface area contributed by atoms with E-state index in [1.807, 2.05) is 61.7 Å². The molecule has 5 aromatic rings. The van der Waals surface area contributed by atoms with Crippen LogP contribution in [0.25, 0.3) is 33.4 Å². The predicted octanol–water partition coefficient (Wildman–Crippen LogP) is 6.12. The van der Waals surface area contributed by atoms with Gasteiger partial charge in [-0.05, 0) is 55.0 Å². The molecule has 9 nitrogen and oxygen atoms in total. The standard InChI is InChI=1S/C31H28F2N6O3/c1-2-41-25-10-11-27-26(13-25)30(37-22-8-6-19(7-9-22)21-16-34-35-17-21)39-29(38-27)20-4-3-5-24(12-20)42-18-28(40)36-23-14-31(32,33)15-23/h3-13,16-17,23H,2,14-15,18H2,1H3,(H,34,35)(H,36,40)(H,37,38,39). The molecule has 214 valence electrons. The second kappa shape index (κ2) is 11.4. The van der Waals surface area contributed by atoms with Gasteiger partial charge in [-0.25, -0.2) is 18.7 Å². The first-order valence-electron chi connectivity index (χ1n) is 13.6. The molecule has 11 heteroatoms. The van der Waals surface area contributed by atoms with Gasteiger partial charge >= 0.3 is 0 Å². The van der Waals surface area contributed by atoms with Gasteiger partial charge in [0.2, 0.25) is 0 Å². The Bertz CT molecular complexity index is 1700. The summed E-state index contributed by atoms with van der Waals surface area (Å²) in [7, 11) is 0. The maximum absolute atomic E-state index is 13.1. The summed E-state index contributed by atoms with van der Waals surface area (Å²) in [5.41, 5.74) is 4.24. The van der Waals surface area contributed by atoms with E-state index in [9.17, 15) is 13.6 Å². The number of aromatic nitrogens is 4. The third-order valence-electron chi connectivity index (χ3n) is 6.87. The second-order valence-electron chi connectivity index (χ2n) is 10.0. The maximum Gasteiger partial charge on any atom is 0.258 e. The lowest BCUT2D eigenvalue weighted by Crippen LogP contribution is -2.51. The number of nitrogens with one attached hydrogen (secondary N) is 3. The first kappa shape index (κ1) is 27.1. The van der Waals surface area contributed by atoms with E-state index >= 15 is 0 Å². The number of halogens is 2. The lowest BCUT2D eigenvalue weighted by Gasteiger charge is -2.35. The van der Waals surface area contributed by atoms with Crippen molar-refractivity contribution >= 4 is 28.3 Å². The van der Waals surface area contributed by atoms with Crippen LogP contribution >= 0.6 is 0 Å². The number of rotatable bonds is 10. The summed E-state index contributed by atoms with van der Waals surface area (Å²) in [5.74, 6) is -0.959. The highest BCUT2D eigenvalue weighted by molar-refractivity contribution is 5.93. The van der Waals surface area contributed by atoms with Crippen LogP contribution in [-0.2, 0) is 4.79 Å². The number of aromatic amines is 1. The van der Waals surface area contributed by atoms with Crippen molar-refractivity contribution in [3.05, 3.63) is 79.1 Å². The van der Waals surface area contributed by atoms with E-state index in [0.717, 1.165) is 22.2 Å². The van der Waals surface area contributed by atoms with Crippen molar-refractivity contribution in [2.75, 3.05) is 18.5 Å². The summed E-state index contributed by atoms with van der Waals surface area (Å²) in [6, 6.07) is 20.1. The van der Waals surface area contributed by atoms with E-state index in [2.05, 4.69) is 20.8 Å². The Morgan fingerprint density at radius 2 is 1.79 bits per heavy atom. The summed E-state index contributed by atoms with van der Waals surface area (Å²) in [6.45, 7) is 2.17. The Morgan fingerprint density at radius 1 is 0.976 bits per heavy atom. The molecule has 0 saturated heterocycles. The van der Waals surface area contributed by atoms with Gasteiger partial charge < -0.3 is 20.1 Å². The van der Waals surface area contributed by atoms with Gasteiger partial charge in [0.25, 0.3) is 11.8 Å². The van der Waals surface area contributed by atoms with Crippen molar-refractivity contribution in [3.63, 3.8) is 0 Å². The van der Waals surface area contributed by atoms with Gasteiger partial charge in [0, 0.05) is 47.3 Å². The summed E-state index contributed by atoms with van der Waals surface area (Å²) < 4.78 is 37.5. The van der Waals surface area contributed by atoms with Crippen LogP contribution in [0.1, 0.15) is 19.8 Å². The minimum Gasteiger partial charge on any atom is -0.494 e. The number of carbonyl (C=O) groups is 1. The smallest absolute Gasteiger partial charge is 0.258 e. The maximum atomic E-state index is 13.1. The second-order valence-corrected chi connectivity index (χ2v) is 10.0. The number of fused-ring (bicyclic) bond motifs is 1. The van der Waals surface area contributed by atoms with Crippen LogP contribution in [0.3, 0.4) is 0 Å². The van der Waals surface area contributed by atoms with Gasteiger partial charge in [-0.1, -0.05) is 24.3 Å². The highest BCUT2D eigenvalue weighted by Crippen LogP contribution is 2.37. The zero-order chi connectivity index (χ0) is 29.1. The third-order valence-corrected chi connectivity index (χ3v) is 6.87. The molecule has 0 aliphatic heterocycles. The monoisotopic (exact) mass is 570 g/mol. The molecule has 3 N–H and O–H groups in total. The van der Waals surface area contributed by atoms with Crippen molar-refractivity contribution < 1.29 is 23.0 Å². The summed E-state index contributed by atoms with van der Waals surface area (Å²) in [6.07, 6.45) is 2.92. The van der Waals surface area contributed by atoms with Crippen LogP contribution in [0.4, 0.5) is 20.3 Å². The summed E-state index contributed by atoms with van der Waals surface area (Å²) in [4.78, 5) is 21.8. The van der Waals surface area contributed by atoms with Gasteiger partial charge in [-0.2, -0.15) is 5.10 Å². The van der Waals surface area contributed by atoms with Crippen molar-refractivity contribution in [1.82, 2.24) is 25.5 Å². The molecule has 2 heterocycles. The Morgan fingerprint density at radius 3 is 2.52 bits per heavy atom. The van der Waals surface area contributed by atoms with Crippen LogP contribution in [0.2, 0.25) is 0 Å². The van der Waals surface area contributed by atoms with Crippen molar-refractivity contribution in [2.45, 2.75) is 31.7 Å². The lowest BCUT2D eigenvalue weighted by atomic mass is 9.88. The lowest BCUT2D eigenvalue weighted by molar-refractivity contribution is -0.131. The predicted molar refractivity (Wildman–Crippen MR) is 155 cm³/mol. The van der Waals surface area contributed by atoms with Gasteiger partial charge in [-0.15, -0.1) is 0 Å². The molecule has 1 fully saturated rings. The first-order chi connectivity index (χ1) is 20.3. The number of alkyl halides is 2. The Labute approximate surface area is 240 Å². The van der Waals surface area contributed by atoms with Crippen LogP contribution in [-0.4, -0.2) is 51.3 Å². The molecule has 3 aromatic carbocycles. The number of ether oxygens (including phenoxy) is 2. The minimum absolute atomic E-state index is 0.286. The number of carbonyl (C=O) groups excluding carboxylic acids is 1. The fourth-order valence-electron chi connectivity index (χ4n) is 4.79. The van der Waals surface area contributed by atoms with Gasteiger partial charge in [0.05, 0.1) is 18.3 Å². The Kier molecular flexibility index (Phi) is 7.39. The number of hydrogen-bond donors (Lipinski definition) is 3. The topological polar surface area (TPSA) is 114 Å². The zero-order valence-electron chi connectivity index (χ0n) is 22.7. The fraction of sp³-hybridized carbons (Fsp3) is 0.226. The van der Waals surface area contributed by atoms with Gasteiger partial charge in [-0.3, -0.25) is 9.89 Å². The van der Waals surface area contributed by atoms with E-state index < -0.39 is 17.9 Å². The molecule has 1 saturated carbocycles. The average molecular weight is 571 g/mol. The molecule has 0 bridgehead atoms. The number of hydrogen-bond acceptors (Lipinski definition) is 7. The quantitative estimate of drug-likeness (QED) is 0.185. The molecule has 42 heavy (non-hydrogen) atoms. The molecule has 0 spiro atoms. The van der Waals surface area contributed by atoms with Crippen LogP contribution < -0.4 is 20.1 Å². The number of benzene rings is 3. The summed E-state index contributed by atoms with van der Waals surface area (Å²) >= 11 is 0. The van der Waals surface area contributed by atoms with Crippen LogP contribution in [0.5, 0.6) is 11.5 Å². The molecule has 1 amide bonds. The largest absolute Gasteiger partial charge is 0.494 e. The molecule has 2 aromatic heterocycles. The number of amides is 1. The van der Waals surface area contributed by atoms with E-state index in [-0.39, 0.29) is 19.4 Å². The van der Waals surface area contributed by atoms with Gasteiger partial charge in [0.15, 0.2) is 12.4 Å². The number of H-pyrrole nitrogens is 1. The number of anilines is 2. The molecule has 6 rings (SSSR count). The van der Waals surface area contributed by atoms with E-state index in [0.29, 0.717) is 40.8 Å². The summed E-state index contributed by atoms with van der Waals surface area (Å²) in [5, 5.41) is 13.6. The molecule has 0 radical (unpaired) electrons. The Hall–Kier alpha value is -5.06. The van der Waals surface area contributed by atoms with E-state index in [1.54, 1.807) is 24.4 Å². The third kappa shape index (κ3) is 6.14. The molecule has 0 unspecified atom stereocenters. The molecule has 1 aliphatic rings. The highest BCUT2D eigenvalue weighted by atomic mass is 19.3. The van der Waals surface area contributed by atoms with Gasteiger partial charge in [0.1, 0.15) is 17.3 Å². The highest BCUT2D eigenvalue weighted by Gasteiger charge is 2.45. The molecule has 1 aliphatic carbocycles. The minimum atomic E-state index is -2.70. The first-order valence-corrected chi connectivity index (χ1v) is 13.6. The van der Waals surface area contributed by atoms with Crippen molar-refractivity contribution in [3.8, 4) is 34.0 Å². The Balaban J connectivity index is 1.25. The fourth-order valence-corrected chi connectivity index (χ4v) is 4.79. The van der Waals surface area contributed by atoms with Crippen molar-refractivity contribution in [1.29, 1.82) is 0 Å². The molecular weight excluding hydrogens is 542 g/mol. The van der Waals surface area contributed by atoms with Crippen molar-refractivity contribution in [2.24, 2.45) is 0 Å². The SMILES string of the molecule is CCOc1ccc2nc(-c3cccc(OCC(=O)NC4CC(F)(F)C4)c3)nc(Nc3ccc(-c4cn[nH]c4)cc3)c2c1. The average Bonchev–Trinajstić information content (AvgIpc) is 3.51. The van der Waals surface area contributed by atoms with E-state index in [1.165, 1.54) is 0 Å². The van der Waals surface area contributed by atoms with Crippen LogP contribution in [0.15, 0.2) is 79.1 Å². The normalized spacial score (nSPS) is 14.3. The molecular formula is C31H28F2N6O3. The van der Waals surface area contributed by atoms with Crippen LogP contribution in [0, 0.1) is 0 Å².